The van der Waals surface area contributed by atoms with E-state index in [0.29, 0.717) is 0 Å². The van der Waals surface area contributed by atoms with Crippen LogP contribution in [-0.4, -0.2) is 263 Å². The second kappa shape index (κ2) is 18.1. The fourth-order valence-electron chi connectivity index (χ4n) is 7.11. The van der Waals surface area contributed by atoms with E-state index in [-0.39, 0.29) is 0 Å². The minimum Gasteiger partial charge on any atom is -0.394 e. The molecule has 0 spiro atoms. The second-order valence-electron chi connectivity index (χ2n) is 14.2. The maximum Gasteiger partial charge on any atom is 0.187 e. The Kier molecular flexibility index (Phi) is 14.3. The third-order valence-electron chi connectivity index (χ3n) is 10.5. The van der Waals surface area contributed by atoms with E-state index < -0.39 is 187 Å². The minimum atomic E-state index is -2.04. The predicted octanol–water partition coefficient (Wildman–Crippen LogP) is -10.9. The summed E-state index contributed by atoms with van der Waals surface area (Å²) < 4.78 is 56.0. The summed E-state index contributed by atoms with van der Waals surface area (Å²) in [7, 11) is 0. The van der Waals surface area contributed by atoms with Crippen molar-refractivity contribution in [2.75, 3.05) is 33.0 Å². The maximum absolute atomic E-state index is 11.4. The molecule has 0 aromatic carbocycles. The molecule has 6 rings (SSSR count). The summed E-state index contributed by atoms with van der Waals surface area (Å²) in [4.78, 5) is 0. The lowest BCUT2D eigenvalue weighted by Gasteiger charge is -2.48. The number of hydrogen-bond donors (Lipinski definition) is 15. The van der Waals surface area contributed by atoms with Crippen LogP contribution in [0, 0.1) is 0 Å². The zero-order chi connectivity index (χ0) is 40.0. The van der Waals surface area contributed by atoms with Gasteiger partial charge >= 0.3 is 0 Å². The van der Waals surface area contributed by atoms with Crippen LogP contribution in [-0.2, 0) is 47.4 Å². The van der Waals surface area contributed by atoms with Crippen LogP contribution < -0.4 is 0 Å². The molecule has 55 heavy (non-hydrogen) atoms. The van der Waals surface area contributed by atoms with Gasteiger partial charge in [-0.3, -0.25) is 0 Å². The van der Waals surface area contributed by atoms with Gasteiger partial charge in [0.05, 0.1) is 33.0 Å². The number of fused-ring (bicyclic) bond motifs is 8. The van der Waals surface area contributed by atoms with E-state index in [2.05, 4.69) is 0 Å². The normalized spacial score (nSPS) is 55.6. The smallest absolute Gasteiger partial charge is 0.187 e. The lowest BCUT2D eigenvalue weighted by atomic mass is 9.96. The first-order valence-electron chi connectivity index (χ1n) is 17.6. The molecular weight excluding hydrogens is 760 g/mol. The Morgan fingerprint density at radius 1 is 0.364 bits per heavy atom. The van der Waals surface area contributed by atoms with Crippen LogP contribution in [0.2, 0.25) is 0 Å². The highest BCUT2D eigenvalue weighted by atomic mass is 16.8. The summed E-state index contributed by atoms with van der Waals surface area (Å²) in [6.45, 7) is -3.90. The first-order chi connectivity index (χ1) is 26.1. The standard InChI is InChI=1S/C30H50O25/c31-1-6-11(33)16(38)19(41)26(49-6)46-5-10-15(37)25-23(45)28(51-10)48-4-9-13(35)17(39)20(42)29(52-9)54-24-14(36)7(2-32)50-27(22(24)44)47-3-8-12(34)18(40)21(43)30(53-8)55-25/h6-45H,1-5H2/t6?,7?,8?,9?,10?,11-,12+,13+,14-,15-,16?,17+,18+,19+,20?,21?,22?,23?,24-,25-,26+,27?,28?,29+,30+/m1/s1. The van der Waals surface area contributed by atoms with Gasteiger partial charge < -0.3 is 124 Å². The predicted molar refractivity (Wildman–Crippen MR) is 163 cm³/mol. The van der Waals surface area contributed by atoms with Crippen LogP contribution >= 0.6 is 0 Å². The largest absolute Gasteiger partial charge is 0.394 e. The van der Waals surface area contributed by atoms with E-state index in [1.54, 1.807) is 0 Å². The fourth-order valence-corrected chi connectivity index (χ4v) is 7.11. The molecule has 0 amide bonds. The number of rotatable bonds is 5. The molecular formula is C30H50O25. The van der Waals surface area contributed by atoms with Crippen LogP contribution in [0.3, 0.4) is 0 Å². The van der Waals surface area contributed by atoms with Crippen LogP contribution in [0.5, 0.6) is 0 Å². The Morgan fingerprint density at radius 3 is 1.25 bits per heavy atom. The Balaban J connectivity index is 1.29. The van der Waals surface area contributed by atoms with Crippen LogP contribution in [0.15, 0.2) is 0 Å². The van der Waals surface area contributed by atoms with Crippen molar-refractivity contribution in [3.05, 3.63) is 0 Å². The Bertz CT molecular complexity index is 1220. The van der Waals surface area contributed by atoms with Gasteiger partial charge in [-0.2, -0.15) is 0 Å². The van der Waals surface area contributed by atoms with Crippen molar-refractivity contribution in [3.8, 4) is 0 Å². The molecule has 0 radical (unpaired) electrons. The summed E-state index contributed by atoms with van der Waals surface area (Å²) in [6, 6.07) is 0. The number of ether oxygens (including phenoxy) is 10. The van der Waals surface area contributed by atoms with Gasteiger partial charge in [0.15, 0.2) is 31.5 Å². The van der Waals surface area contributed by atoms with Gasteiger partial charge in [-0.15, -0.1) is 0 Å². The molecule has 0 aromatic rings. The van der Waals surface area contributed by atoms with Crippen molar-refractivity contribution in [2.45, 2.75) is 154 Å². The Hall–Kier alpha value is -1.00. The highest BCUT2D eigenvalue weighted by Gasteiger charge is 2.55. The number of aliphatic hydroxyl groups excluding tert-OH is 15. The molecule has 0 saturated carbocycles. The highest BCUT2D eigenvalue weighted by molar-refractivity contribution is 4.98. The minimum absolute atomic E-state index is 0.742. The first kappa shape index (κ1) is 43.6. The van der Waals surface area contributed by atoms with E-state index in [1.807, 2.05) is 0 Å². The fraction of sp³-hybridized carbons (Fsp3) is 1.00. The van der Waals surface area contributed by atoms with E-state index in [9.17, 15) is 76.6 Å². The van der Waals surface area contributed by atoms with Crippen molar-refractivity contribution in [1.82, 2.24) is 0 Å². The maximum atomic E-state index is 11.4. The lowest BCUT2D eigenvalue weighted by Crippen LogP contribution is -2.67. The second-order valence-corrected chi connectivity index (χ2v) is 14.2. The third-order valence-corrected chi connectivity index (χ3v) is 10.5. The van der Waals surface area contributed by atoms with E-state index >= 15 is 0 Å². The molecule has 25 nitrogen and oxygen atoms in total. The van der Waals surface area contributed by atoms with Gasteiger partial charge in [0.25, 0.3) is 0 Å². The van der Waals surface area contributed by atoms with Crippen molar-refractivity contribution in [2.24, 2.45) is 0 Å². The van der Waals surface area contributed by atoms with Gasteiger partial charge in [-0.05, 0) is 0 Å². The summed E-state index contributed by atoms with van der Waals surface area (Å²) in [6.07, 6.45) is -45.4. The molecule has 0 aromatic heterocycles. The lowest BCUT2D eigenvalue weighted by molar-refractivity contribution is -0.385. The molecule has 6 aliphatic heterocycles. The molecule has 15 N–H and O–H groups in total. The highest BCUT2D eigenvalue weighted by Crippen LogP contribution is 2.34. The molecule has 6 saturated heterocycles. The summed E-state index contributed by atoms with van der Waals surface area (Å²) in [5, 5.41) is 159. The molecule has 0 aliphatic carbocycles. The van der Waals surface area contributed by atoms with Gasteiger partial charge in [0.2, 0.25) is 0 Å². The molecule has 8 bridgehead atoms. The van der Waals surface area contributed by atoms with Crippen molar-refractivity contribution in [3.63, 3.8) is 0 Å². The topological polar surface area (TPSA) is 396 Å². The number of aliphatic hydroxyl groups is 15. The summed E-state index contributed by atoms with van der Waals surface area (Å²) in [5.41, 5.74) is 0. The Morgan fingerprint density at radius 2 is 0.782 bits per heavy atom. The molecule has 25 heteroatoms. The average molecular weight is 811 g/mol. The molecule has 320 valence electrons. The van der Waals surface area contributed by atoms with E-state index in [1.165, 1.54) is 0 Å². The van der Waals surface area contributed by atoms with Crippen molar-refractivity contribution >= 4 is 0 Å². The molecule has 6 aliphatic rings. The molecule has 12 unspecified atom stereocenters. The molecule has 6 fully saturated rings. The average Bonchev–Trinajstić information content (AvgIpc) is 3.17. The summed E-state index contributed by atoms with van der Waals surface area (Å²) >= 11 is 0. The molecule has 6 heterocycles. The summed E-state index contributed by atoms with van der Waals surface area (Å²) in [5.74, 6) is 0. The van der Waals surface area contributed by atoms with Crippen LogP contribution in [0.1, 0.15) is 0 Å². The third kappa shape index (κ3) is 8.68. The van der Waals surface area contributed by atoms with Crippen molar-refractivity contribution in [1.29, 1.82) is 0 Å². The van der Waals surface area contributed by atoms with E-state index in [0.717, 1.165) is 0 Å². The van der Waals surface area contributed by atoms with Crippen LogP contribution in [0.25, 0.3) is 0 Å². The van der Waals surface area contributed by atoms with Gasteiger partial charge in [-0.1, -0.05) is 0 Å². The van der Waals surface area contributed by atoms with Gasteiger partial charge in [-0.25, -0.2) is 0 Å². The van der Waals surface area contributed by atoms with Gasteiger partial charge in [0.1, 0.15) is 122 Å². The SMILES string of the molecule is OCC1O[C@H](OCC2OC3OCC4O[C@@H](O[C@H]5C(O)C(OCC6O[C@@H](O[C@@H](C3O)[C@@H]2O)C(O)[C@@H](O)[C@H]6O)OC(CO)[C@H]5O)C(O)[C@@H](O)[C@H]4O)[C@@H](O)C(O)[C@@H]1O. The van der Waals surface area contributed by atoms with E-state index in [4.69, 9.17) is 47.4 Å². The Labute approximate surface area is 310 Å². The van der Waals surface area contributed by atoms with Crippen molar-refractivity contribution < 1.29 is 124 Å². The zero-order valence-electron chi connectivity index (χ0n) is 28.8. The zero-order valence-corrected chi connectivity index (χ0v) is 28.8. The molecule has 25 atom stereocenters. The van der Waals surface area contributed by atoms with Crippen LogP contribution in [0.4, 0.5) is 0 Å². The first-order valence-corrected chi connectivity index (χ1v) is 17.6. The number of hydrogen-bond acceptors (Lipinski definition) is 25. The monoisotopic (exact) mass is 810 g/mol. The quantitative estimate of drug-likeness (QED) is 0.123. The van der Waals surface area contributed by atoms with Gasteiger partial charge in [0, 0.05) is 0 Å².